The molecule has 1 amide bonds. The van der Waals surface area contributed by atoms with Crippen LogP contribution in [0.1, 0.15) is 15.9 Å². The molecule has 2 aromatic rings. The number of pyridine rings is 1. The van der Waals surface area contributed by atoms with Crippen LogP contribution in [0.2, 0.25) is 0 Å². The highest BCUT2D eigenvalue weighted by atomic mass is 16.5. The van der Waals surface area contributed by atoms with Crippen molar-refractivity contribution in [2.45, 2.75) is 6.42 Å². The van der Waals surface area contributed by atoms with Gasteiger partial charge in [-0.25, -0.2) is 4.98 Å². The Morgan fingerprint density at radius 1 is 1.11 bits per heavy atom. The van der Waals surface area contributed by atoms with Gasteiger partial charge in [0.25, 0.3) is 5.91 Å². The average Bonchev–Trinajstić information content (AvgIpc) is 2.72. The maximum Gasteiger partial charge on any atom is 0.257 e. The van der Waals surface area contributed by atoms with E-state index in [9.17, 15) is 4.79 Å². The number of hydrogen-bond acceptors (Lipinski definition) is 5. The predicted molar refractivity (Wildman–Crippen MR) is 108 cm³/mol. The maximum atomic E-state index is 12.9. The summed E-state index contributed by atoms with van der Waals surface area (Å²) in [5.74, 6) is 1.73. The monoisotopic (exact) mass is 368 g/mol. The van der Waals surface area contributed by atoms with Crippen molar-refractivity contribution in [2.75, 3.05) is 58.8 Å². The zero-order chi connectivity index (χ0) is 19.2. The molecule has 27 heavy (non-hydrogen) atoms. The van der Waals surface area contributed by atoms with Crippen molar-refractivity contribution in [3.8, 4) is 5.75 Å². The molecule has 0 saturated carbocycles. The van der Waals surface area contributed by atoms with E-state index >= 15 is 0 Å². The zero-order valence-electron chi connectivity index (χ0n) is 16.4. The molecule has 1 aromatic heterocycles. The van der Waals surface area contributed by atoms with Gasteiger partial charge in [-0.05, 0) is 30.2 Å². The second kappa shape index (κ2) is 8.86. The van der Waals surface area contributed by atoms with Crippen LogP contribution in [0, 0.1) is 0 Å². The van der Waals surface area contributed by atoms with Gasteiger partial charge >= 0.3 is 0 Å². The number of para-hydroxylation sites is 1. The van der Waals surface area contributed by atoms with Crippen LogP contribution in [0.4, 0.5) is 5.82 Å². The first-order chi connectivity index (χ1) is 13.1. The second-order valence-corrected chi connectivity index (χ2v) is 6.96. The maximum absolute atomic E-state index is 12.9. The summed E-state index contributed by atoms with van der Waals surface area (Å²) in [5.41, 5.74) is 1.90. The van der Waals surface area contributed by atoms with Gasteiger partial charge in [-0.1, -0.05) is 18.2 Å². The molecule has 0 atom stereocenters. The third-order valence-electron chi connectivity index (χ3n) is 4.99. The summed E-state index contributed by atoms with van der Waals surface area (Å²) in [5, 5.41) is 0. The summed E-state index contributed by atoms with van der Waals surface area (Å²) in [6.45, 7) is 4.23. The van der Waals surface area contributed by atoms with E-state index in [1.54, 1.807) is 13.3 Å². The number of rotatable bonds is 6. The van der Waals surface area contributed by atoms with Crippen molar-refractivity contribution in [3.05, 3.63) is 53.7 Å². The molecule has 0 spiro atoms. The van der Waals surface area contributed by atoms with E-state index in [1.165, 1.54) is 5.56 Å². The first-order valence-corrected chi connectivity index (χ1v) is 9.36. The molecule has 2 heterocycles. The molecule has 0 bridgehead atoms. The minimum Gasteiger partial charge on any atom is -0.496 e. The van der Waals surface area contributed by atoms with E-state index in [0.717, 1.165) is 50.7 Å². The van der Waals surface area contributed by atoms with Crippen LogP contribution in [0.5, 0.6) is 5.75 Å². The summed E-state index contributed by atoms with van der Waals surface area (Å²) >= 11 is 0. The first kappa shape index (κ1) is 19.2. The minimum atomic E-state index is 0.0659. The smallest absolute Gasteiger partial charge is 0.257 e. The van der Waals surface area contributed by atoms with Gasteiger partial charge in [0, 0.05) is 53.0 Å². The number of methoxy groups -OCH3 is 1. The van der Waals surface area contributed by atoms with Crippen LogP contribution < -0.4 is 9.64 Å². The van der Waals surface area contributed by atoms with Gasteiger partial charge in [-0.15, -0.1) is 0 Å². The Hall–Kier alpha value is -2.60. The molecule has 6 heteroatoms. The lowest BCUT2D eigenvalue weighted by atomic mass is 10.1. The van der Waals surface area contributed by atoms with Crippen LogP contribution in [0.15, 0.2) is 42.6 Å². The second-order valence-electron chi connectivity index (χ2n) is 6.96. The van der Waals surface area contributed by atoms with Gasteiger partial charge in [-0.3, -0.25) is 9.69 Å². The third-order valence-corrected chi connectivity index (χ3v) is 4.99. The molecule has 0 unspecified atom stereocenters. The van der Waals surface area contributed by atoms with Crippen LogP contribution in [0.25, 0.3) is 0 Å². The molecule has 0 N–H and O–H groups in total. The standard InChI is InChI=1S/C21H28N4O2/c1-23(2)20-18(8-6-11-22-20)21(26)25-15-13-24(14-16-25)12-10-17-7-4-5-9-19(17)27-3/h4-9,11H,10,12-16H2,1-3H3. The summed E-state index contributed by atoms with van der Waals surface area (Å²) < 4.78 is 5.43. The van der Waals surface area contributed by atoms with Gasteiger partial charge in [-0.2, -0.15) is 0 Å². The fraction of sp³-hybridized carbons (Fsp3) is 0.429. The van der Waals surface area contributed by atoms with E-state index in [0.29, 0.717) is 5.56 Å². The quantitative estimate of drug-likeness (QED) is 0.782. The van der Waals surface area contributed by atoms with Crippen molar-refractivity contribution >= 4 is 11.7 Å². The van der Waals surface area contributed by atoms with Gasteiger partial charge < -0.3 is 14.5 Å². The van der Waals surface area contributed by atoms with Crippen molar-refractivity contribution < 1.29 is 9.53 Å². The molecule has 144 valence electrons. The fourth-order valence-corrected chi connectivity index (χ4v) is 3.45. The predicted octanol–water partition coefficient (Wildman–Crippen LogP) is 2.16. The highest BCUT2D eigenvalue weighted by Crippen LogP contribution is 2.20. The molecule has 1 fully saturated rings. The molecule has 6 nitrogen and oxygen atoms in total. The number of aromatic nitrogens is 1. The lowest BCUT2D eigenvalue weighted by Gasteiger charge is -2.35. The highest BCUT2D eigenvalue weighted by molar-refractivity contribution is 5.98. The van der Waals surface area contributed by atoms with Crippen LogP contribution >= 0.6 is 0 Å². The minimum absolute atomic E-state index is 0.0659. The third kappa shape index (κ3) is 4.57. The number of ether oxygens (including phenoxy) is 1. The molecule has 1 saturated heterocycles. The normalized spacial score (nSPS) is 14.9. The SMILES string of the molecule is COc1ccccc1CCN1CCN(C(=O)c2cccnc2N(C)C)CC1. The number of benzene rings is 1. The number of carbonyl (C=O) groups is 1. The zero-order valence-corrected chi connectivity index (χ0v) is 16.4. The Morgan fingerprint density at radius 2 is 1.85 bits per heavy atom. The van der Waals surface area contributed by atoms with E-state index in [4.69, 9.17) is 4.74 Å². The average molecular weight is 368 g/mol. The Morgan fingerprint density at radius 3 is 2.56 bits per heavy atom. The van der Waals surface area contributed by atoms with Gasteiger partial charge in [0.05, 0.1) is 12.7 Å². The largest absolute Gasteiger partial charge is 0.496 e. The lowest BCUT2D eigenvalue weighted by Crippen LogP contribution is -2.49. The van der Waals surface area contributed by atoms with Crippen molar-refractivity contribution in [1.29, 1.82) is 0 Å². The van der Waals surface area contributed by atoms with Crippen molar-refractivity contribution in [1.82, 2.24) is 14.8 Å². The Labute approximate surface area is 161 Å². The van der Waals surface area contributed by atoms with Crippen molar-refractivity contribution in [2.24, 2.45) is 0 Å². The van der Waals surface area contributed by atoms with Crippen molar-refractivity contribution in [3.63, 3.8) is 0 Å². The van der Waals surface area contributed by atoms with Crippen LogP contribution in [-0.2, 0) is 6.42 Å². The van der Waals surface area contributed by atoms with Gasteiger partial charge in [0.2, 0.25) is 0 Å². The molecular weight excluding hydrogens is 340 g/mol. The summed E-state index contributed by atoms with van der Waals surface area (Å²) in [6.07, 6.45) is 2.67. The molecule has 1 aliphatic heterocycles. The topological polar surface area (TPSA) is 48.9 Å². The number of anilines is 1. The summed E-state index contributed by atoms with van der Waals surface area (Å²) in [6, 6.07) is 11.8. The molecule has 3 rings (SSSR count). The lowest BCUT2D eigenvalue weighted by molar-refractivity contribution is 0.0638. The number of carbonyl (C=O) groups excluding carboxylic acids is 1. The van der Waals surface area contributed by atoms with Crippen LogP contribution in [-0.4, -0.2) is 74.6 Å². The molecular formula is C21H28N4O2. The van der Waals surface area contributed by atoms with Gasteiger partial charge in [0.15, 0.2) is 0 Å². The Kier molecular flexibility index (Phi) is 6.29. The molecule has 1 aromatic carbocycles. The van der Waals surface area contributed by atoms with E-state index < -0.39 is 0 Å². The van der Waals surface area contributed by atoms with Gasteiger partial charge in [0.1, 0.15) is 11.6 Å². The number of piperazine rings is 1. The Bertz CT molecular complexity index is 770. The first-order valence-electron chi connectivity index (χ1n) is 9.36. The molecule has 1 aliphatic rings. The van der Waals surface area contributed by atoms with E-state index in [1.807, 2.05) is 54.2 Å². The fourth-order valence-electron chi connectivity index (χ4n) is 3.45. The Balaban J connectivity index is 1.55. The summed E-state index contributed by atoms with van der Waals surface area (Å²) in [4.78, 5) is 23.5. The van der Waals surface area contributed by atoms with E-state index in [-0.39, 0.29) is 5.91 Å². The van der Waals surface area contributed by atoms with Crippen LogP contribution in [0.3, 0.4) is 0 Å². The number of hydrogen-bond donors (Lipinski definition) is 0. The highest BCUT2D eigenvalue weighted by Gasteiger charge is 2.24. The number of amides is 1. The van der Waals surface area contributed by atoms with E-state index in [2.05, 4.69) is 16.0 Å². The molecule has 0 aliphatic carbocycles. The molecule has 0 radical (unpaired) electrons. The number of nitrogens with zero attached hydrogens (tertiary/aromatic N) is 4. The summed E-state index contributed by atoms with van der Waals surface area (Å²) in [7, 11) is 5.54.